The first-order chi connectivity index (χ1) is 12.8. The molecule has 0 unspecified atom stereocenters. The van der Waals surface area contributed by atoms with Gasteiger partial charge >= 0.3 is 0 Å². The third-order valence-electron chi connectivity index (χ3n) is 4.57. The molecular weight excluding hydrogens is 348 g/mol. The lowest BCUT2D eigenvalue weighted by Crippen LogP contribution is -2.22. The molecule has 0 saturated heterocycles. The van der Waals surface area contributed by atoms with Gasteiger partial charge in [0.05, 0.1) is 25.3 Å². The first kappa shape index (κ1) is 18.5. The van der Waals surface area contributed by atoms with Gasteiger partial charge in [0.25, 0.3) is 0 Å². The van der Waals surface area contributed by atoms with E-state index < -0.39 is 11.6 Å². The highest BCUT2D eigenvalue weighted by Crippen LogP contribution is 2.43. The Morgan fingerprint density at radius 3 is 2.22 bits per heavy atom. The van der Waals surface area contributed by atoms with Crippen LogP contribution in [0.3, 0.4) is 0 Å². The molecule has 2 aromatic carbocycles. The molecule has 140 valence electrons. The number of aromatic hydroxyl groups is 2. The summed E-state index contributed by atoms with van der Waals surface area (Å²) >= 11 is 0. The second kappa shape index (κ2) is 6.79. The minimum Gasteiger partial charge on any atom is -0.507 e. The van der Waals surface area contributed by atoms with Crippen LogP contribution in [-0.2, 0) is 6.42 Å². The van der Waals surface area contributed by atoms with Crippen molar-refractivity contribution >= 4 is 11.6 Å². The number of carbonyl (C=O) groups excluding carboxylic acids is 2. The molecule has 0 spiro atoms. The summed E-state index contributed by atoms with van der Waals surface area (Å²) in [7, 11) is 2.83. The molecule has 1 aliphatic carbocycles. The summed E-state index contributed by atoms with van der Waals surface area (Å²) in [5.41, 5.74) is 1.26. The highest BCUT2D eigenvalue weighted by molar-refractivity contribution is 6.30. The van der Waals surface area contributed by atoms with Crippen molar-refractivity contribution in [3.63, 3.8) is 0 Å². The van der Waals surface area contributed by atoms with Crippen LogP contribution in [0.1, 0.15) is 51.3 Å². The van der Waals surface area contributed by atoms with Crippen LogP contribution < -0.4 is 9.47 Å². The average molecular weight is 368 g/mol. The number of allylic oxidation sites excluding steroid dienone is 2. The van der Waals surface area contributed by atoms with Crippen LogP contribution in [0.5, 0.6) is 23.0 Å². The van der Waals surface area contributed by atoms with Gasteiger partial charge in [-0.15, -0.1) is 0 Å². The molecule has 0 fully saturated rings. The summed E-state index contributed by atoms with van der Waals surface area (Å²) < 4.78 is 10.4. The lowest BCUT2D eigenvalue weighted by atomic mass is 9.81. The largest absolute Gasteiger partial charge is 0.507 e. The molecule has 3 rings (SSSR count). The summed E-state index contributed by atoms with van der Waals surface area (Å²) in [4.78, 5) is 26.0. The van der Waals surface area contributed by atoms with Crippen molar-refractivity contribution in [2.45, 2.75) is 20.3 Å². The molecule has 2 N–H and O–H groups in total. The standard InChI is InChI=1S/C21H20O6/c1-10(2)5-6-12-16(27-4)9-14-18(20(12)24)21(25)17-13(19(14)23)7-11(26-3)8-15(17)22/h5,7-9,22,24H,6H2,1-4H3. The van der Waals surface area contributed by atoms with Gasteiger partial charge in [0.1, 0.15) is 23.0 Å². The Morgan fingerprint density at radius 2 is 1.63 bits per heavy atom. The van der Waals surface area contributed by atoms with E-state index in [9.17, 15) is 19.8 Å². The van der Waals surface area contributed by atoms with E-state index in [2.05, 4.69) is 0 Å². The molecular formula is C21H20O6. The number of methoxy groups -OCH3 is 2. The van der Waals surface area contributed by atoms with Crippen LogP contribution in [0.15, 0.2) is 29.8 Å². The molecule has 0 amide bonds. The fourth-order valence-electron chi connectivity index (χ4n) is 3.19. The van der Waals surface area contributed by atoms with Gasteiger partial charge in [-0.3, -0.25) is 9.59 Å². The average Bonchev–Trinajstić information content (AvgIpc) is 2.63. The second-order valence-corrected chi connectivity index (χ2v) is 6.54. The van der Waals surface area contributed by atoms with Gasteiger partial charge in [-0.1, -0.05) is 11.6 Å². The van der Waals surface area contributed by atoms with E-state index in [0.717, 1.165) is 5.57 Å². The molecule has 0 bridgehead atoms. The van der Waals surface area contributed by atoms with E-state index in [0.29, 0.717) is 17.7 Å². The molecule has 2 aromatic rings. The maximum absolute atomic E-state index is 13.0. The Hall–Kier alpha value is -3.28. The number of benzene rings is 2. The maximum Gasteiger partial charge on any atom is 0.201 e. The summed E-state index contributed by atoms with van der Waals surface area (Å²) in [5.74, 6) is -1.20. The van der Waals surface area contributed by atoms with Crippen molar-refractivity contribution in [3.8, 4) is 23.0 Å². The smallest absolute Gasteiger partial charge is 0.201 e. The number of phenols is 2. The van der Waals surface area contributed by atoms with Crippen molar-refractivity contribution in [2.75, 3.05) is 14.2 Å². The first-order valence-corrected chi connectivity index (χ1v) is 8.36. The third-order valence-corrected chi connectivity index (χ3v) is 4.57. The topological polar surface area (TPSA) is 93.1 Å². The molecule has 0 heterocycles. The Labute approximate surface area is 156 Å². The number of phenolic OH excluding ortho intramolecular Hbond substituents is 2. The molecule has 6 heteroatoms. The van der Waals surface area contributed by atoms with Gasteiger partial charge in [0.15, 0.2) is 5.78 Å². The predicted octanol–water partition coefficient (Wildman–Crippen LogP) is 3.40. The van der Waals surface area contributed by atoms with Gasteiger partial charge in [0.2, 0.25) is 5.78 Å². The van der Waals surface area contributed by atoms with Gasteiger partial charge in [0, 0.05) is 22.8 Å². The van der Waals surface area contributed by atoms with Crippen LogP contribution >= 0.6 is 0 Å². The highest BCUT2D eigenvalue weighted by Gasteiger charge is 2.36. The maximum atomic E-state index is 13.0. The molecule has 0 aromatic heterocycles. The Kier molecular flexibility index (Phi) is 4.66. The zero-order valence-corrected chi connectivity index (χ0v) is 15.5. The van der Waals surface area contributed by atoms with Crippen LogP contribution in [0.25, 0.3) is 0 Å². The Morgan fingerprint density at radius 1 is 0.963 bits per heavy atom. The number of hydrogen-bond acceptors (Lipinski definition) is 6. The van der Waals surface area contributed by atoms with E-state index >= 15 is 0 Å². The van der Waals surface area contributed by atoms with Gasteiger partial charge in [-0.05, 0) is 32.4 Å². The number of carbonyl (C=O) groups is 2. The van der Waals surface area contributed by atoms with Crippen LogP contribution in [-0.4, -0.2) is 36.0 Å². The van der Waals surface area contributed by atoms with E-state index in [4.69, 9.17) is 9.47 Å². The van der Waals surface area contributed by atoms with Crippen molar-refractivity contribution in [3.05, 3.63) is 57.7 Å². The summed E-state index contributed by atoms with van der Waals surface area (Å²) in [6, 6.07) is 4.13. The highest BCUT2D eigenvalue weighted by atomic mass is 16.5. The minimum atomic E-state index is -0.613. The third kappa shape index (κ3) is 2.93. The predicted molar refractivity (Wildman–Crippen MR) is 99.3 cm³/mol. The normalized spacial score (nSPS) is 12.3. The number of rotatable bonds is 4. The fourth-order valence-corrected chi connectivity index (χ4v) is 3.19. The molecule has 27 heavy (non-hydrogen) atoms. The molecule has 0 aliphatic heterocycles. The van der Waals surface area contributed by atoms with E-state index in [-0.39, 0.29) is 39.5 Å². The van der Waals surface area contributed by atoms with Gasteiger partial charge in [-0.2, -0.15) is 0 Å². The summed E-state index contributed by atoms with van der Waals surface area (Å²) in [6.07, 6.45) is 2.23. The van der Waals surface area contributed by atoms with E-state index in [1.807, 2.05) is 19.9 Å². The van der Waals surface area contributed by atoms with Crippen molar-refractivity contribution in [1.82, 2.24) is 0 Å². The van der Waals surface area contributed by atoms with Gasteiger partial charge < -0.3 is 19.7 Å². The second-order valence-electron chi connectivity index (χ2n) is 6.54. The van der Waals surface area contributed by atoms with E-state index in [1.54, 1.807) is 0 Å². The number of fused-ring (bicyclic) bond motifs is 2. The number of ether oxygens (including phenoxy) is 2. The molecule has 6 nitrogen and oxygen atoms in total. The first-order valence-electron chi connectivity index (χ1n) is 8.36. The Balaban J connectivity index is 2.28. The number of hydrogen-bond donors (Lipinski definition) is 2. The zero-order valence-electron chi connectivity index (χ0n) is 15.5. The molecule has 0 atom stereocenters. The van der Waals surface area contributed by atoms with Crippen molar-refractivity contribution < 1.29 is 29.3 Å². The molecule has 0 radical (unpaired) electrons. The van der Waals surface area contributed by atoms with E-state index in [1.165, 1.54) is 32.4 Å². The van der Waals surface area contributed by atoms with Gasteiger partial charge in [-0.25, -0.2) is 0 Å². The van der Waals surface area contributed by atoms with Crippen molar-refractivity contribution in [2.24, 2.45) is 0 Å². The minimum absolute atomic E-state index is 0.0304. The van der Waals surface area contributed by atoms with Crippen molar-refractivity contribution in [1.29, 1.82) is 0 Å². The molecule has 1 aliphatic rings. The van der Waals surface area contributed by atoms with Crippen LogP contribution in [0.2, 0.25) is 0 Å². The Bertz CT molecular complexity index is 996. The monoisotopic (exact) mass is 368 g/mol. The summed E-state index contributed by atoms with van der Waals surface area (Å²) in [6.45, 7) is 3.83. The lowest BCUT2D eigenvalue weighted by molar-refractivity contribution is 0.0973. The number of ketones is 2. The fraction of sp³-hybridized carbons (Fsp3) is 0.238. The quantitative estimate of drug-likeness (QED) is 0.686. The lowest BCUT2D eigenvalue weighted by Gasteiger charge is -2.22. The SMILES string of the molecule is COc1cc(O)c2c(c1)C(=O)c1cc(OC)c(CC=C(C)C)c(O)c1C2=O. The van der Waals surface area contributed by atoms with Crippen LogP contribution in [0, 0.1) is 0 Å². The molecule has 0 saturated carbocycles. The zero-order chi connectivity index (χ0) is 19.9. The van der Waals surface area contributed by atoms with Crippen LogP contribution in [0.4, 0.5) is 0 Å². The summed E-state index contributed by atoms with van der Waals surface area (Å²) in [5, 5.41) is 21.0.